The van der Waals surface area contributed by atoms with Crippen LogP contribution < -0.4 is 14.4 Å². The molecule has 1 amide bonds. The maximum Gasteiger partial charge on any atom is 0.415 e. The second-order valence-corrected chi connectivity index (χ2v) is 10.3. The number of amides is 1. The van der Waals surface area contributed by atoms with E-state index in [1.807, 2.05) is 42.5 Å². The van der Waals surface area contributed by atoms with Crippen molar-refractivity contribution in [3.63, 3.8) is 0 Å². The number of pyridine rings is 1. The Hall–Kier alpha value is -3.82. The molecule has 0 saturated heterocycles. The van der Waals surface area contributed by atoms with Gasteiger partial charge in [0.1, 0.15) is 16.4 Å². The molecule has 10 heteroatoms. The van der Waals surface area contributed by atoms with E-state index >= 15 is 0 Å². The van der Waals surface area contributed by atoms with Gasteiger partial charge in [0.05, 0.1) is 38.0 Å². The quantitative estimate of drug-likeness (QED) is 0.164. The number of nitrogens with zero attached hydrogens (tertiary/aromatic N) is 2. The van der Waals surface area contributed by atoms with Crippen molar-refractivity contribution in [3.05, 3.63) is 70.9 Å². The van der Waals surface area contributed by atoms with Crippen LogP contribution in [0.5, 0.6) is 11.5 Å². The molecular weight excluding hydrogens is 552 g/mol. The highest BCUT2D eigenvalue weighted by atomic mass is 35.5. The lowest BCUT2D eigenvalue weighted by atomic mass is 9.92. The van der Waals surface area contributed by atoms with E-state index < -0.39 is 12.1 Å². The summed E-state index contributed by atoms with van der Waals surface area (Å²) in [5.41, 5.74) is 3.94. The molecule has 1 aliphatic rings. The van der Waals surface area contributed by atoms with Crippen molar-refractivity contribution in [2.24, 2.45) is 0 Å². The third kappa shape index (κ3) is 5.19. The zero-order valence-electron chi connectivity index (χ0n) is 22.5. The number of halogens is 1. The Balaban J connectivity index is 1.68. The van der Waals surface area contributed by atoms with Crippen LogP contribution >= 0.6 is 22.9 Å². The van der Waals surface area contributed by atoms with Gasteiger partial charge >= 0.3 is 12.1 Å². The molecule has 5 rings (SSSR count). The number of carbonyl (C=O) groups is 2. The molecule has 4 aromatic rings. The van der Waals surface area contributed by atoms with Gasteiger partial charge in [0, 0.05) is 17.5 Å². The molecule has 0 N–H and O–H groups in total. The molecule has 2 aromatic carbocycles. The fraction of sp³-hybridized carbons (Fsp3) is 0.300. The highest BCUT2D eigenvalue weighted by Gasteiger charge is 2.33. The van der Waals surface area contributed by atoms with Crippen LogP contribution in [0.2, 0.25) is 0 Å². The van der Waals surface area contributed by atoms with E-state index in [-0.39, 0.29) is 19.1 Å². The monoisotopic (exact) mass is 580 g/mol. The van der Waals surface area contributed by atoms with Crippen molar-refractivity contribution in [1.29, 1.82) is 0 Å². The minimum absolute atomic E-state index is 0.00970. The summed E-state index contributed by atoms with van der Waals surface area (Å²) < 4.78 is 22.2. The largest absolute Gasteiger partial charge is 0.493 e. The molecule has 0 aliphatic carbocycles. The molecule has 208 valence electrons. The molecule has 0 bridgehead atoms. The number of esters is 1. The van der Waals surface area contributed by atoms with Crippen molar-refractivity contribution in [2.45, 2.75) is 32.3 Å². The van der Waals surface area contributed by atoms with E-state index in [0.29, 0.717) is 46.1 Å². The third-order valence-corrected chi connectivity index (χ3v) is 8.15. The molecular formula is C30H29ClN2O6S. The van der Waals surface area contributed by atoms with Crippen LogP contribution in [0.1, 0.15) is 40.5 Å². The summed E-state index contributed by atoms with van der Waals surface area (Å²) >= 11 is 7.75. The van der Waals surface area contributed by atoms with Gasteiger partial charge in [0.2, 0.25) is 0 Å². The second-order valence-electron chi connectivity index (χ2n) is 9.09. The van der Waals surface area contributed by atoms with Crippen LogP contribution in [0.25, 0.3) is 21.3 Å². The molecule has 1 aliphatic heterocycles. The number of hydrogen-bond acceptors (Lipinski definition) is 8. The number of carbonyl (C=O) groups excluding carboxylic acids is 2. The van der Waals surface area contributed by atoms with Crippen LogP contribution in [0.3, 0.4) is 0 Å². The van der Waals surface area contributed by atoms with Crippen LogP contribution in [0, 0.1) is 0 Å². The number of aromatic nitrogens is 1. The number of benzene rings is 2. The normalized spacial score (nSPS) is 12.7. The van der Waals surface area contributed by atoms with Gasteiger partial charge in [-0.15, -0.1) is 11.6 Å². The molecule has 2 aromatic heterocycles. The van der Waals surface area contributed by atoms with Gasteiger partial charge in [-0.3, -0.25) is 4.90 Å². The minimum Gasteiger partial charge on any atom is -0.493 e. The maximum absolute atomic E-state index is 13.4. The van der Waals surface area contributed by atoms with E-state index in [1.165, 1.54) is 11.3 Å². The van der Waals surface area contributed by atoms with E-state index in [9.17, 15) is 9.59 Å². The first-order valence-electron chi connectivity index (χ1n) is 12.9. The fourth-order valence-electron chi connectivity index (χ4n) is 4.96. The van der Waals surface area contributed by atoms with Gasteiger partial charge in [0.25, 0.3) is 0 Å². The Morgan fingerprint density at radius 2 is 1.82 bits per heavy atom. The van der Waals surface area contributed by atoms with E-state index in [0.717, 1.165) is 33.5 Å². The van der Waals surface area contributed by atoms with Gasteiger partial charge in [-0.2, -0.15) is 0 Å². The van der Waals surface area contributed by atoms with Crippen LogP contribution in [0.4, 0.5) is 9.80 Å². The number of hydrogen-bond donors (Lipinski definition) is 0. The average molecular weight is 581 g/mol. The standard InChI is InChI=1S/C30H29ClN2O6S/c1-4-38-29(34)26-21(16-31)32-27-25(24(26)19-12-13-22(36-2)23(15-19)37-3)20-11-8-14-33(28(20)40-27)30(35)39-17-18-9-6-5-7-10-18/h5-7,9-10,12-13,15H,4,8,11,14,16-17H2,1-3H3. The zero-order chi connectivity index (χ0) is 28.2. The number of rotatable bonds is 8. The molecule has 0 spiro atoms. The number of anilines is 1. The summed E-state index contributed by atoms with van der Waals surface area (Å²) in [7, 11) is 3.13. The minimum atomic E-state index is -0.507. The predicted molar refractivity (Wildman–Crippen MR) is 156 cm³/mol. The summed E-state index contributed by atoms with van der Waals surface area (Å²) in [6, 6.07) is 15.1. The molecule has 8 nitrogen and oxygen atoms in total. The molecule has 0 radical (unpaired) electrons. The zero-order valence-corrected chi connectivity index (χ0v) is 24.1. The highest BCUT2D eigenvalue weighted by Crippen LogP contribution is 2.48. The summed E-state index contributed by atoms with van der Waals surface area (Å²) in [5, 5.41) is 1.56. The molecule has 0 saturated carbocycles. The average Bonchev–Trinajstić information content (AvgIpc) is 3.37. The summed E-state index contributed by atoms with van der Waals surface area (Å²) in [4.78, 5) is 33.8. The third-order valence-electron chi connectivity index (χ3n) is 6.75. The highest BCUT2D eigenvalue weighted by molar-refractivity contribution is 7.23. The Morgan fingerprint density at radius 3 is 2.52 bits per heavy atom. The first kappa shape index (κ1) is 27.7. The lowest BCUT2D eigenvalue weighted by Gasteiger charge is -2.26. The Kier molecular flexibility index (Phi) is 8.42. The van der Waals surface area contributed by atoms with Crippen molar-refractivity contribution >= 4 is 50.2 Å². The van der Waals surface area contributed by atoms with Gasteiger partial charge in [-0.25, -0.2) is 14.6 Å². The van der Waals surface area contributed by atoms with Crippen LogP contribution in [-0.2, 0) is 28.4 Å². The van der Waals surface area contributed by atoms with Crippen LogP contribution in [0.15, 0.2) is 48.5 Å². The number of methoxy groups -OCH3 is 2. The van der Waals surface area contributed by atoms with E-state index in [1.54, 1.807) is 32.1 Å². The van der Waals surface area contributed by atoms with Crippen molar-refractivity contribution in [1.82, 2.24) is 4.98 Å². The number of alkyl halides is 1. The molecule has 40 heavy (non-hydrogen) atoms. The number of aryl methyl sites for hydroxylation is 1. The molecule has 0 atom stereocenters. The van der Waals surface area contributed by atoms with Gasteiger partial charge < -0.3 is 18.9 Å². The van der Waals surface area contributed by atoms with Crippen molar-refractivity contribution in [2.75, 3.05) is 32.3 Å². The summed E-state index contributed by atoms with van der Waals surface area (Å²) in [5.74, 6) is 0.580. The van der Waals surface area contributed by atoms with Crippen molar-refractivity contribution in [3.8, 4) is 22.6 Å². The fourth-order valence-corrected chi connectivity index (χ4v) is 6.42. The molecule has 0 fully saturated rings. The molecule has 3 heterocycles. The van der Waals surface area contributed by atoms with Gasteiger partial charge in [-0.1, -0.05) is 47.7 Å². The number of thiophene rings is 1. The predicted octanol–water partition coefficient (Wildman–Crippen LogP) is 6.99. The van der Waals surface area contributed by atoms with Gasteiger partial charge in [-0.05, 0) is 48.6 Å². The summed E-state index contributed by atoms with van der Waals surface area (Å²) in [6.07, 6.45) is 1.02. The number of fused-ring (bicyclic) bond motifs is 3. The lowest BCUT2D eigenvalue weighted by Crippen LogP contribution is -2.35. The first-order chi connectivity index (χ1) is 19.5. The topological polar surface area (TPSA) is 87.2 Å². The Labute approximate surface area is 241 Å². The van der Waals surface area contributed by atoms with Crippen LogP contribution in [-0.4, -0.2) is 44.4 Å². The van der Waals surface area contributed by atoms with E-state index in [2.05, 4.69) is 0 Å². The maximum atomic E-state index is 13.4. The Bertz CT molecular complexity index is 1560. The van der Waals surface area contributed by atoms with Gasteiger partial charge in [0.15, 0.2) is 11.5 Å². The first-order valence-corrected chi connectivity index (χ1v) is 14.3. The smallest absolute Gasteiger partial charge is 0.415 e. The van der Waals surface area contributed by atoms with Crippen molar-refractivity contribution < 1.29 is 28.5 Å². The lowest BCUT2D eigenvalue weighted by molar-refractivity contribution is 0.0526. The SMILES string of the molecule is CCOC(=O)c1c(CCl)nc2sc3c(c2c1-c1ccc(OC)c(OC)c1)CCCN3C(=O)OCc1ccccc1. The second kappa shape index (κ2) is 12.1. The summed E-state index contributed by atoms with van der Waals surface area (Å²) in [6.45, 7) is 2.65. The van der Waals surface area contributed by atoms with E-state index in [4.69, 9.17) is 35.5 Å². The number of ether oxygens (including phenoxy) is 4. The Morgan fingerprint density at radius 1 is 1.05 bits per heavy atom. The molecule has 0 unspecified atom stereocenters.